The number of nitrogens with zero attached hydrogens (tertiary/aromatic N) is 1. The van der Waals surface area contributed by atoms with E-state index in [9.17, 15) is 9.59 Å². The van der Waals surface area contributed by atoms with Gasteiger partial charge in [0.25, 0.3) is 0 Å². The summed E-state index contributed by atoms with van der Waals surface area (Å²) >= 11 is 7.46. The average molecular weight is 497 g/mol. The minimum absolute atomic E-state index is 0.111. The highest BCUT2D eigenvalue weighted by Crippen LogP contribution is 2.38. The standard InChI is InChI=1S/C27H29ClN2O3S/c1-3-33-27(32)24-22-13-14-30(16-20-7-5-4-6-8-20)17-23(22)34-26(24)29-25(31)18(2)15-19-9-11-21(28)12-10-19/h4-12,18H,3,13-17H2,1-2H3,(H,29,31)/t18-/m0/s1. The number of ether oxygens (including phenoxy) is 1. The molecule has 0 fully saturated rings. The topological polar surface area (TPSA) is 58.6 Å². The minimum atomic E-state index is -0.364. The number of nitrogens with one attached hydrogen (secondary N) is 1. The number of anilines is 1. The third-order valence-electron chi connectivity index (χ3n) is 6.00. The van der Waals surface area contributed by atoms with Gasteiger partial charge in [0.1, 0.15) is 5.00 Å². The molecule has 0 aliphatic carbocycles. The van der Waals surface area contributed by atoms with Gasteiger partial charge in [0.15, 0.2) is 0 Å². The summed E-state index contributed by atoms with van der Waals surface area (Å²) in [5.41, 5.74) is 3.83. The van der Waals surface area contributed by atoms with Crippen LogP contribution in [0.1, 0.15) is 45.8 Å². The molecule has 178 valence electrons. The Hall–Kier alpha value is -2.67. The Bertz CT molecular complexity index is 1140. The van der Waals surface area contributed by atoms with Gasteiger partial charge in [-0.3, -0.25) is 9.69 Å². The molecule has 34 heavy (non-hydrogen) atoms. The number of halogens is 1. The second-order valence-corrected chi connectivity index (χ2v) is 10.1. The molecule has 1 aliphatic heterocycles. The van der Waals surface area contributed by atoms with Crippen molar-refractivity contribution in [2.24, 2.45) is 5.92 Å². The summed E-state index contributed by atoms with van der Waals surface area (Å²) in [5, 5.41) is 4.30. The molecular formula is C27H29ClN2O3S. The Morgan fingerprint density at radius 2 is 1.85 bits per heavy atom. The van der Waals surface area contributed by atoms with Crippen molar-refractivity contribution in [3.8, 4) is 0 Å². The van der Waals surface area contributed by atoms with Gasteiger partial charge in [0, 0.05) is 35.5 Å². The molecule has 1 aliphatic rings. The van der Waals surface area contributed by atoms with E-state index < -0.39 is 0 Å². The van der Waals surface area contributed by atoms with Crippen LogP contribution in [0.3, 0.4) is 0 Å². The Labute approximate surface area is 209 Å². The summed E-state index contributed by atoms with van der Waals surface area (Å²) in [6, 6.07) is 17.9. The predicted molar refractivity (Wildman–Crippen MR) is 137 cm³/mol. The van der Waals surface area contributed by atoms with Gasteiger partial charge in [-0.05, 0) is 48.6 Å². The number of benzene rings is 2. The number of carbonyl (C=O) groups is 2. The summed E-state index contributed by atoms with van der Waals surface area (Å²) in [6.07, 6.45) is 1.34. The van der Waals surface area contributed by atoms with Crippen LogP contribution in [0.5, 0.6) is 0 Å². The zero-order valence-corrected chi connectivity index (χ0v) is 21.0. The van der Waals surface area contributed by atoms with Crippen LogP contribution in [0.25, 0.3) is 0 Å². The number of esters is 1. The van der Waals surface area contributed by atoms with Crippen LogP contribution in [-0.2, 0) is 35.5 Å². The first-order valence-electron chi connectivity index (χ1n) is 11.6. The van der Waals surface area contributed by atoms with Crippen molar-refractivity contribution >= 4 is 39.8 Å². The SMILES string of the molecule is CCOC(=O)c1c(NC(=O)[C@@H](C)Cc2ccc(Cl)cc2)sc2c1CCN(Cc1ccccc1)C2. The third-order valence-corrected chi connectivity index (χ3v) is 7.39. The molecule has 0 unspecified atom stereocenters. The highest BCUT2D eigenvalue weighted by atomic mass is 35.5. The maximum Gasteiger partial charge on any atom is 0.341 e. The molecule has 1 N–H and O–H groups in total. The molecule has 0 bridgehead atoms. The molecule has 1 atom stereocenters. The average Bonchev–Trinajstić information content (AvgIpc) is 3.18. The van der Waals surface area contributed by atoms with Crippen molar-refractivity contribution < 1.29 is 14.3 Å². The Balaban J connectivity index is 1.51. The van der Waals surface area contributed by atoms with Gasteiger partial charge in [0.2, 0.25) is 5.91 Å². The van der Waals surface area contributed by atoms with E-state index in [1.807, 2.05) is 49.4 Å². The fraction of sp³-hybridized carbons (Fsp3) is 0.333. The lowest BCUT2D eigenvalue weighted by Gasteiger charge is -2.27. The molecule has 1 amide bonds. The summed E-state index contributed by atoms with van der Waals surface area (Å²) in [4.78, 5) is 29.4. The molecular weight excluding hydrogens is 468 g/mol. The first-order valence-corrected chi connectivity index (χ1v) is 12.8. The van der Waals surface area contributed by atoms with E-state index in [4.69, 9.17) is 16.3 Å². The van der Waals surface area contributed by atoms with Gasteiger partial charge >= 0.3 is 5.97 Å². The number of hydrogen-bond acceptors (Lipinski definition) is 5. The van der Waals surface area contributed by atoms with Crippen LogP contribution in [-0.4, -0.2) is 29.9 Å². The first kappa shape index (κ1) is 24.5. The van der Waals surface area contributed by atoms with Gasteiger partial charge in [-0.15, -0.1) is 11.3 Å². The molecule has 0 saturated heterocycles. The Kier molecular flexibility index (Phi) is 8.03. The Morgan fingerprint density at radius 3 is 2.56 bits per heavy atom. The smallest absolute Gasteiger partial charge is 0.341 e. The van der Waals surface area contributed by atoms with Crippen molar-refractivity contribution in [3.05, 3.63) is 86.8 Å². The van der Waals surface area contributed by atoms with Crippen molar-refractivity contribution in [2.75, 3.05) is 18.5 Å². The van der Waals surface area contributed by atoms with Gasteiger partial charge < -0.3 is 10.1 Å². The molecule has 2 aromatic carbocycles. The zero-order valence-electron chi connectivity index (χ0n) is 19.5. The monoisotopic (exact) mass is 496 g/mol. The van der Waals surface area contributed by atoms with E-state index in [2.05, 4.69) is 22.3 Å². The summed E-state index contributed by atoms with van der Waals surface area (Å²) in [5.74, 6) is -0.734. The van der Waals surface area contributed by atoms with Crippen molar-refractivity contribution in [1.29, 1.82) is 0 Å². The van der Waals surface area contributed by atoms with Crippen molar-refractivity contribution in [3.63, 3.8) is 0 Å². The van der Waals surface area contributed by atoms with E-state index in [0.29, 0.717) is 28.6 Å². The fourth-order valence-electron chi connectivity index (χ4n) is 4.24. The number of hydrogen-bond donors (Lipinski definition) is 1. The molecule has 0 saturated carbocycles. The molecule has 5 nitrogen and oxygen atoms in total. The van der Waals surface area contributed by atoms with Gasteiger partial charge in [-0.2, -0.15) is 0 Å². The molecule has 0 spiro atoms. The van der Waals surface area contributed by atoms with Crippen LogP contribution >= 0.6 is 22.9 Å². The van der Waals surface area contributed by atoms with E-state index >= 15 is 0 Å². The minimum Gasteiger partial charge on any atom is -0.462 e. The van der Waals surface area contributed by atoms with E-state index in [-0.39, 0.29) is 17.8 Å². The van der Waals surface area contributed by atoms with Crippen LogP contribution in [0, 0.1) is 5.92 Å². The highest BCUT2D eigenvalue weighted by molar-refractivity contribution is 7.17. The zero-order chi connectivity index (χ0) is 24.1. The maximum atomic E-state index is 13.0. The lowest BCUT2D eigenvalue weighted by atomic mass is 10.00. The third kappa shape index (κ3) is 5.87. The van der Waals surface area contributed by atoms with Crippen LogP contribution < -0.4 is 5.32 Å². The van der Waals surface area contributed by atoms with Gasteiger partial charge in [0.05, 0.1) is 12.2 Å². The first-order chi connectivity index (χ1) is 16.4. The van der Waals surface area contributed by atoms with Crippen LogP contribution in [0.15, 0.2) is 54.6 Å². The normalized spacial score (nSPS) is 14.3. The summed E-state index contributed by atoms with van der Waals surface area (Å²) in [7, 11) is 0. The van der Waals surface area contributed by atoms with Gasteiger partial charge in [-0.1, -0.05) is 61.0 Å². The number of thiophene rings is 1. The molecule has 4 rings (SSSR count). The van der Waals surface area contributed by atoms with E-state index in [1.54, 1.807) is 6.92 Å². The second kappa shape index (κ2) is 11.2. The van der Waals surface area contributed by atoms with Crippen molar-refractivity contribution in [2.45, 2.75) is 39.8 Å². The quantitative estimate of drug-likeness (QED) is 0.391. The van der Waals surface area contributed by atoms with Crippen molar-refractivity contribution in [1.82, 2.24) is 4.90 Å². The number of fused-ring (bicyclic) bond motifs is 1. The highest BCUT2D eigenvalue weighted by Gasteiger charge is 2.30. The largest absolute Gasteiger partial charge is 0.462 e. The van der Waals surface area contributed by atoms with E-state index in [0.717, 1.165) is 42.1 Å². The molecule has 7 heteroatoms. The second-order valence-electron chi connectivity index (χ2n) is 8.60. The lowest BCUT2D eigenvalue weighted by Crippen LogP contribution is -2.30. The summed E-state index contributed by atoms with van der Waals surface area (Å²) < 4.78 is 5.35. The molecule has 2 heterocycles. The molecule has 0 radical (unpaired) electrons. The maximum absolute atomic E-state index is 13.0. The Morgan fingerprint density at radius 1 is 1.12 bits per heavy atom. The van der Waals surface area contributed by atoms with Crippen LogP contribution in [0.4, 0.5) is 5.00 Å². The number of amides is 1. The predicted octanol–water partition coefficient (Wildman–Crippen LogP) is 5.95. The molecule has 3 aromatic rings. The summed E-state index contributed by atoms with van der Waals surface area (Å²) in [6.45, 7) is 6.44. The molecule has 1 aromatic heterocycles. The van der Waals surface area contributed by atoms with Gasteiger partial charge in [-0.25, -0.2) is 4.79 Å². The number of rotatable bonds is 8. The lowest BCUT2D eigenvalue weighted by molar-refractivity contribution is -0.119. The van der Waals surface area contributed by atoms with Crippen LogP contribution in [0.2, 0.25) is 5.02 Å². The number of carbonyl (C=O) groups excluding carboxylic acids is 2. The van der Waals surface area contributed by atoms with E-state index in [1.165, 1.54) is 16.9 Å². The fourth-order valence-corrected chi connectivity index (χ4v) is 5.65.